The zero-order chi connectivity index (χ0) is 12.5. The number of carbonyl (C=O) groups excluding carboxylic acids is 2. The molecule has 1 rings (SSSR count). The van der Waals surface area contributed by atoms with Crippen molar-refractivity contribution in [2.24, 2.45) is 11.7 Å². The molecule has 0 spiro atoms. The van der Waals surface area contributed by atoms with Crippen LogP contribution in [0.2, 0.25) is 0 Å². The van der Waals surface area contributed by atoms with Crippen LogP contribution in [0.4, 0.5) is 4.79 Å². The molecule has 1 atom stereocenters. The molecule has 5 nitrogen and oxygen atoms in total. The number of hydrogen-bond donors (Lipinski definition) is 3. The van der Waals surface area contributed by atoms with E-state index in [4.69, 9.17) is 5.73 Å². The topological polar surface area (TPSA) is 84.2 Å². The largest absolute Gasteiger partial charge is 0.370 e. The van der Waals surface area contributed by atoms with Crippen LogP contribution in [0.5, 0.6) is 0 Å². The van der Waals surface area contributed by atoms with Gasteiger partial charge in [-0.25, -0.2) is 4.79 Å². The number of nitrogens with two attached hydrogens (primary N) is 1. The molecule has 0 fully saturated rings. The second kappa shape index (κ2) is 7.70. The molecule has 0 aromatic carbocycles. The minimum atomic E-state index is -0.332. The highest BCUT2D eigenvalue weighted by Gasteiger charge is 2.10. The van der Waals surface area contributed by atoms with Crippen molar-refractivity contribution in [2.45, 2.75) is 32.1 Å². The van der Waals surface area contributed by atoms with Crippen LogP contribution in [0.25, 0.3) is 0 Å². The Bertz CT molecular complexity index is 289. The van der Waals surface area contributed by atoms with Crippen molar-refractivity contribution in [2.75, 3.05) is 13.1 Å². The van der Waals surface area contributed by atoms with Gasteiger partial charge in [0, 0.05) is 19.5 Å². The Balaban J connectivity index is 2.00. The maximum Gasteiger partial charge on any atom is 0.314 e. The zero-order valence-electron chi connectivity index (χ0n) is 10.1. The average molecular weight is 239 g/mol. The number of urea groups is 1. The van der Waals surface area contributed by atoms with Crippen LogP contribution in [0.15, 0.2) is 12.2 Å². The molecule has 0 aliphatic heterocycles. The lowest BCUT2D eigenvalue weighted by atomic mass is 9.94. The van der Waals surface area contributed by atoms with Gasteiger partial charge in [0.05, 0.1) is 0 Å². The fraction of sp³-hybridized carbons (Fsp3) is 0.667. The lowest BCUT2D eigenvalue weighted by Gasteiger charge is -2.18. The molecule has 0 aromatic heterocycles. The summed E-state index contributed by atoms with van der Waals surface area (Å²) in [6.07, 6.45) is 8.54. The number of primary amides is 1. The Morgan fingerprint density at radius 2 is 2.12 bits per heavy atom. The van der Waals surface area contributed by atoms with Crippen molar-refractivity contribution in [3.8, 4) is 0 Å². The molecular weight excluding hydrogens is 218 g/mol. The third-order valence-corrected chi connectivity index (χ3v) is 2.81. The zero-order valence-corrected chi connectivity index (χ0v) is 10.1. The molecular formula is C12H21N3O2. The van der Waals surface area contributed by atoms with Gasteiger partial charge in [-0.05, 0) is 31.6 Å². The minimum Gasteiger partial charge on any atom is -0.370 e. The smallest absolute Gasteiger partial charge is 0.314 e. The number of rotatable bonds is 6. The van der Waals surface area contributed by atoms with Crippen molar-refractivity contribution in [1.82, 2.24) is 10.6 Å². The monoisotopic (exact) mass is 239 g/mol. The Kier molecular flexibility index (Phi) is 6.14. The van der Waals surface area contributed by atoms with Gasteiger partial charge < -0.3 is 16.4 Å². The van der Waals surface area contributed by atoms with E-state index < -0.39 is 0 Å². The van der Waals surface area contributed by atoms with Gasteiger partial charge in [-0.1, -0.05) is 12.2 Å². The van der Waals surface area contributed by atoms with Crippen LogP contribution in [0.3, 0.4) is 0 Å². The Morgan fingerprint density at radius 1 is 1.29 bits per heavy atom. The first-order chi connectivity index (χ1) is 8.18. The van der Waals surface area contributed by atoms with Crippen LogP contribution in [0, 0.1) is 5.92 Å². The van der Waals surface area contributed by atoms with Crippen LogP contribution in [0.1, 0.15) is 32.1 Å². The molecule has 17 heavy (non-hydrogen) atoms. The second-order valence-electron chi connectivity index (χ2n) is 4.36. The highest BCUT2D eigenvalue weighted by molar-refractivity contribution is 5.74. The van der Waals surface area contributed by atoms with E-state index in [1.807, 2.05) is 0 Å². The van der Waals surface area contributed by atoms with Gasteiger partial charge in [-0.2, -0.15) is 0 Å². The molecule has 3 amide bonds. The van der Waals surface area contributed by atoms with Crippen LogP contribution >= 0.6 is 0 Å². The van der Waals surface area contributed by atoms with Crippen molar-refractivity contribution in [3.63, 3.8) is 0 Å². The second-order valence-corrected chi connectivity index (χ2v) is 4.36. The summed E-state index contributed by atoms with van der Waals surface area (Å²) in [6.45, 7) is 1.20. The van der Waals surface area contributed by atoms with E-state index in [-0.39, 0.29) is 11.9 Å². The van der Waals surface area contributed by atoms with Crippen LogP contribution in [-0.2, 0) is 4.79 Å². The Morgan fingerprint density at radius 3 is 2.76 bits per heavy atom. The highest BCUT2D eigenvalue weighted by atomic mass is 16.2. The lowest BCUT2D eigenvalue weighted by molar-refractivity contribution is -0.118. The van der Waals surface area contributed by atoms with Gasteiger partial charge >= 0.3 is 6.03 Å². The molecule has 1 aliphatic carbocycles. The van der Waals surface area contributed by atoms with Gasteiger partial charge in [0.25, 0.3) is 0 Å². The summed E-state index contributed by atoms with van der Waals surface area (Å²) in [5, 5.41) is 5.54. The fourth-order valence-electron chi connectivity index (χ4n) is 1.81. The Hall–Kier alpha value is -1.52. The van der Waals surface area contributed by atoms with E-state index in [9.17, 15) is 9.59 Å². The molecule has 0 aromatic rings. The lowest BCUT2D eigenvalue weighted by Crippen LogP contribution is -2.39. The van der Waals surface area contributed by atoms with Gasteiger partial charge in [0.15, 0.2) is 0 Å². The minimum absolute atomic E-state index is 0.163. The maximum atomic E-state index is 11.4. The standard InChI is InChI=1S/C12H21N3O2/c13-11(16)7-4-8-14-12(17)15-9-10-5-2-1-3-6-10/h1-2,10H,3-9H2,(H2,13,16)(H2,14,15,17)/t10-/m0/s1. The maximum absolute atomic E-state index is 11.4. The molecule has 0 unspecified atom stereocenters. The van der Waals surface area contributed by atoms with Gasteiger partial charge in [-0.15, -0.1) is 0 Å². The first-order valence-electron chi connectivity index (χ1n) is 6.13. The van der Waals surface area contributed by atoms with E-state index in [1.54, 1.807) is 0 Å². The predicted octanol–water partition coefficient (Wildman–Crippen LogP) is 0.907. The van der Waals surface area contributed by atoms with Gasteiger partial charge in [0.2, 0.25) is 5.91 Å². The summed E-state index contributed by atoms with van der Waals surface area (Å²) in [7, 11) is 0. The highest BCUT2D eigenvalue weighted by Crippen LogP contribution is 2.16. The first-order valence-corrected chi connectivity index (χ1v) is 6.13. The van der Waals surface area contributed by atoms with Crippen molar-refractivity contribution < 1.29 is 9.59 Å². The van der Waals surface area contributed by atoms with Crippen LogP contribution in [-0.4, -0.2) is 25.0 Å². The number of hydrogen-bond acceptors (Lipinski definition) is 2. The number of carbonyl (C=O) groups is 2. The molecule has 0 saturated carbocycles. The molecule has 96 valence electrons. The normalized spacial score (nSPS) is 18.7. The third kappa shape index (κ3) is 6.60. The number of nitrogens with one attached hydrogen (secondary N) is 2. The molecule has 0 radical (unpaired) electrons. The van der Waals surface area contributed by atoms with E-state index >= 15 is 0 Å². The van der Waals surface area contributed by atoms with E-state index in [0.717, 1.165) is 19.3 Å². The van der Waals surface area contributed by atoms with Gasteiger partial charge in [-0.3, -0.25) is 4.79 Å². The summed E-state index contributed by atoms with van der Waals surface area (Å²) < 4.78 is 0. The van der Waals surface area contributed by atoms with Gasteiger partial charge in [0.1, 0.15) is 0 Å². The summed E-state index contributed by atoms with van der Waals surface area (Å²) in [5.41, 5.74) is 4.99. The molecule has 5 heteroatoms. The number of amides is 3. The van der Waals surface area contributed by atoms with Crippen molar-refractivity contribution >= 4 is 11.9 Å². The summed E-state index contributed by atoms with van der Waals surface area (Å²) in [5.74, 6) is 0.220. The van der Waals surface area contributed by atoms with Crippen molar-refractivity contribution in [3.05, 3.63) is 12.2 Å². The SMILES string of the molecule is NC(=O)CCCNC(=O)NC[C@H]1CC=CCC1. The van der Waals surface area contributed by atoms with E-state index in [2.05, 4.69) is 22.8 Å². The molecule has 4 N–H and O–H groups in total. The quantitative estimate of drug-likeness (QED) is 0.475. The molecule has 1 aliphatic rings. The van der Waals surface area contributed by atoms with E-state index in [1.165, 1.54) is 0 Å². The Labute approximate surface area is 102 Å². The predicted molar refractivity (Wildman–Crippen MR) is 66.3 cm³/mol. The summed E-state index contributed by atoms with van der Waals surface area (Å²) >= 11 is 0. The molecule has 0 heterocycles. The number of allylic oxidation sites excluding steroid dienone is 2. The molecule has 0 saturated heterocycles. The fourth-order valence-corrected chi connectivity index (χ4v) is 1.81. The van der Waals surface area contributed by atoms with Crippen LogP contribution < -0.4 is 16.4 Å². The average Bonchev–Trinajstić information content (AvgIpc) is 2.33. The third-order valence-electron chi connectivity index (χ3n) is 2.81. The van der Waals surface area contributed by atoms with Crippen molar-refractivity contribution in [1.29, 1.82) is 0 Å². The first kappa shape index (κ1) is 13.5. The van der Waals surface area contributed by atoms with E-state index in [0.29, 0.717) is 31.8 Å². The summed E-state index contributed by atoms with van der Waals surface area (Å²) in [6, 6.07) is -0.163. The molecule has 0 bridgehead atoms. The summed E-state index contributed by atoms with van der Waals surface area (Å²) in [4.78, 5) is 21.8.